The minimum Gasteiger partial charge on any atom is -0.479 e. The summed E-state index contributed by atoms with van der Waals surface area (Å²) in [6.07, 6.45) is 0.914. The molecule has 17 heavy (non-hydrogen) atoms. The average molecular weight is 258 g/mol. The minimum atomic E-state index is -1.14. The normalized spacial score (nSPS) is 9.94. The second-order valence-corrected chi connectivity index (χ2v) is 4.19. The van der Waals surface area contributed by atoms with Gasteiger partial charge in [0.25, 0.3) is 0 Å². The van der Waals surface area contributed by atoms with Crippen LogP contribution in [-0.2, 0) is 22.6 Å². The summed E-state index contributed by atoms with van der Waals surface area (Å²) in [5.41, 5.74) is 3.18. The summed E-state index contributed by atoms with van der Waals surface area (Å²) in [5, 5.41) is 12.8. The van der Waals surface area contributed by atoms with Crippen LogP contribution in [0.1, 0.15) is 17.4 Å². The predicted molar refractivity (Wildman–Crippen MR) is 62.7 cm³/mol. The number of amides is 2. The van der Waals surface area contributed by atoms with Gasteiger partial charge >= 0.3 is 12.0 Å². The molecule has 0 bridgehead atoms. The first-order valence-corrected chi connectivity index (χ1v) is 5.94. The number of rotatable bonds is 6. The summed E-state index contributed by atoms with van der Waals surface area (Å²) in [7, 11) is 0. The van der Waals surface area contributed by atoms with Crippen LogP contribution in [-0.4, -0.2) is 23.7 Å². The monoisotopic (exact) mass is 258 g/mol. The van der Waals surface area contributed by atoms with Gasteiger partial charge in [-0.3, -0.25) is 4.84 Å². The number of nitrogens with one attached hydrogen (secondary N) is 2. The van der Waals surface area contributed by atoms with E-state index in [0.717, 1.165) is 11.3 Å². The Bertz CT molecular complexity index is 391. The first-order chi connectivity index (χ1) is 8.13. The Morgan fingerprint density at radius 3 is 2.94 bits per heavy atom. The third-order valence-corrected chi connectivity index (χ3v) is 2.95. The molecule has 0 spiro atoms. The second-order valence-electron chi connectivity index (χ2n) is 3.19. The van der Waals surface area contributed by atoms with Gasteiger partial charge in [-0.15, -0.1) is 11.3 Å². The number of carboxylic acid groups (broad SMARTS) is 1. The lowest BCUT2D eigenvalue weighted by atomic mass is 10.2. The highest BCUT2D eigenvalue weighted by Gasteiger charge is 2.05. The van der Waals surface area contributed by atoms with E-state index in [2.05, 4.69) is 10.2 Å². The zero-order valence-corrected chi connectivity index (χ0v) is 10.2. The van der Waals surface area contributed by atoms with Crippen molar-refractivity contribution in [3.8, 4) is 0 Å². The number of hydrogen-bond donors (Lipinski definition) is 3. The van der Waals surface area contributed by atoms with E-state index in [0.29, 0.717) is 6.54 Å². The summed E-state index contributed by atoms with van der Waals surface area (Å²) in [6, 6.07) is 1.46. The Morgan fingerprint density at radius 1 is 1.53 bits per heavy atom. The highest BCUT2D eigenvalue weighted by atomic mass is 32.1. The van der Waals surface area contributed by atoms with Gasteiger partial charge < -0.3 is 10.4 Å². The molecule has 7 heteroatoms. The first-order valence-electron chi connectivity index (χ1n) is 5.06. The molecule has 0 saturated heterocycles. The maximum atomic E-state index is 11.2. The molecule has 0 radical (unpaired) electrons. The van der Waals surface area contributed by atoms with Crippen molar-refractivity contribution in [2.45, 2.75) is 19.9 Å². The van der Waals surface area contributed by atoms with Gasteiger partial charge in [0.1, 0.15) is 0 Å². The Hall–Kier alpha value is -1.60. The number of carbonyl (C=O) groups is 2. The molecule has 0 unspecified atom stereocenters. The maximum absolute atomic E-state index is 11.2. The fourth-order valence-corrected chi connectivity index (χ4v) is 2.11. The van der Waals surface area contributed by atoms with Crippen LogP contribution in [0.15, 0.2) is 11.4 Å². The fraction of sp³-hybridized carbons (Fsp3) is 0.400. The van der Waals surface area contributed by atoms with Crippen molar-refractivity contribution in [1.82, 2.24) is 10.8 Å². The van der Waals surface area contributed by atoms with E-state index in [1.165, 1.54) is 5.56 Å². The molecule has 6 nitrogen and oxygen atoms in total. The zero-order chi connectivity index (χ0) is 12.7. The summed E-state index contributed by atoms with van der Waals surface area (Å²) >= 11 is 1.57. The van der Waals surface area contributed by atoms with Crippen molar-refractivity contribution >= 4 is 23.3 Å². The molecule has 0 atom stereocenters. The van der Waals surface area contributed by atoms with Gasteiger partial charge in [-0.25, -0.2) is 15.1 Å². The Morgan fingerprint density at radius 2 is 2.29 bits per heavy atom. The summed E-state index contributed by atoms with van der Waals surface area (Å²) < 4.78 is 0. The van der Waals surface area contributed by atoms with E-state index in [1.807, 2.05) is 23.9 Å². The quantitative estimate of drug-likeness (QED) is 0.667. The fourth-order valence-electron chi connectivity index (χ4n) is 1.20. The van der Waals surface area contributed by atoms with Crippen LogP contribution in [0.2, 0.25) is 0 Å². The first kappa shape index (κ1) is 13.5. The van der Waals surface area contributed by atoms with Crippen molar-refractivity contribution in [1.29, 1.82) is 0 Å². The molecule has 1 rings (SSSR count). The molecule has 2 amide bonds. The molecule has 3 N–H and O–H groups in total. The van der Waals surface area contributed by atoms with Crippen molar-refractivity contribution < 1.29 is 19.5 Å². The van der Waals surface area contributed by atoms with Crippen LogP contribution in [0.4, 0.5) is 4.79 Å². The van der Waals surface area contributed by atoms with E-state index < -0.39 is 18.6 Å². The summed E-state index contributed by atoms with van der Waals surface area (Å²) in [6.45, 7) is 1.89. The van der Waals surface area contributed by atoms with Crippen molar-refractivity contribution in [3.63, 3.8) is 0 Å². The van der Waals surface area contributed by atoms with Gasteiger partial charge in [0.05, 0.1) is 6.54 Å². The molecule has 0 aliphatic heterocycles. The van der Waals surface area contributed by atoms with Gasteiger partial charge in [0.15, 0.2) is 6.61 Å². The maximum Gasteiger partial charge on any atom is 0.339 e. The van der Waals surface area contributed by atoms with Crippen molar-refractivity contribution in [2.75, 3.05) is 6.61 Å². The highest BCUT2D eigenvalue weighted by molar-refractivity contribution is 7.10. The summed E-state index contributed by atoms with van der Waals surface area (Å²) in [5.74, 6) is -1.14. The number of hydroxylamine groups is 1. The van der Waals surface area contributed by atoms with Crippen LogP contribution < -0.4 is 10.8 Å². The number of aliphatic carboxylic acids is 1. The number of urea groups is 1. The third kappa shape index (κ3) is 4.83. The highest BCUT2D eigenvalue weighted by Crippen LogP contribution is 2.16. The zero-order valence-electron chi connectivity index (χ0n) is 9.36. The Balaban J connectivity index is 2.26. The van der Waals surface area contributed by atoms with E-state index in [-0.39, 0.29) is 0 Å². The average Bonchev–Trinajstić information content (AvgIpc) is 2.73. The van der Waals surface area contributed by atoms with Crippen LogP contribution in [0, 0.1) is 0 Å². The van der Waals surface area contributed by atoms with Crippen molar-refractivity contribution in [2.24, 2.45) is 0 Å². The van der Waals surface area contributed by atoms with E-state index in [1.54, 1.807) is 11.3 Å². The predicted octanol–water partition coefficient (Wildman–Crippen LogP) is 1.13. The van der Waals surface area contributed by atoms with Crippen LogP contribution in [0.25, 0.3) is 0 Å². The lowest BCUT2D eigenvalue weighted by Crippen LogP contribution is -2.36. The van der Waals surface area contributed by atoms with Crippen LogP contribution in [0.5, 0.6) is 0 Å². The Kier molecular flexibility index (Phi) is 5.44. The number of carboxylic acids is 1. The van der Waals surface area contributed by atoms with Crippen LogP contribution >= 0.6 is 11.3 Å². The lowest BCUT2D eigenvalue weighted by Gasteiger charge is -2.06. The smallest absolute Gasteiger partial charge is 0.339 e. The standard InChI is InChI=1S/C10H14N2O4S/c1-2-7-3-4-17-8(7)5-11-10(15)12-16-6-9(13)14/h3-4H,2,5-6H2,1H3,(H,13,14)(H2,11,12,15). The topological polar surface area (TPSA) is 87.7 Å². The van der Waals surface area contributed by atoms with Crippen molar-refractivity contribution in [3.05, 3.63) is 21.9 Å². The minimum absolute atomic E-state index is 0.406. The largest absolute Gasteiger partial charge is 0.479 e. The SMILES string of the molecule is CCc1ccsc1CNC(=O)NOCC(=O)O. The molecule has 1 aromatic heterocycles. The molecule has 1 aromatic rings. The third-order valence-electron chi connectivity index (χ3n) is 1.99. The van der Waals surface area contributed by atoms with Gasteiger partial charge in [-0.1, -0.05) is 6.92 Å². The lowest BCUT2D eigenvalue weighted by molar-refractivity contribution is -0.144. The molecule has 94 valence electrons. The number of aryl methyl sites for hydroxylation is 1. The molecule has 0 aliphatic rings. The molecule has 0 saturated carbocycles. The molecule has 0 aliphatic carbocycles. The molecule has 0 aromatic carbocycles. The van der Waals surface area contributed by atoms with E-state index in [9.17, 15) is 9.59 Å². The van der Waals surface area contributed by atoms with Gasteiger partial charge in [-0.2, -0.15) is 0 Å². The number of thiophene rings is 1. The van der Waals surface area contributed by atoms with Gasteiger partial charge in [0, 0.05) is 4.88 Å². The molecular formula is C10H14N2O4S. The number of hydrogen-bond acceptors (Lipinski definition) is 4. The summed E-state index contributed by atoms with van der Waals surface area (Å²) in [4.78, 5) is 26.8. The molecular weight excluding hydrogens is 244 g/mol. The number of carbonyl (C=O) groups excluding carboxylic acids is 1. The van der Waals surface area contributed by atoms with E-state index >= 15 is 0 Å². The van der Waals surface area contributed by atoms with Crippen LogP contribution in [0.3, 0.4) is 0 Å². The molecule has 0 fully saturated rings. The Labute approximate surface area is 103 Å². The van der Waals surface area contributed by atoms with E-state index in [4.69, 9.17) is 5.11 Å². The van der Waals surface area contributed by atoms with Gasteiger partial charge in [0.2, 0.25) is 0 Å². The van der Waals surface area contributed by atoms with Gasteiger partial charge in [-0.05, 0) is 23.4 Å². The second kappa shape index (κ2) is 6.87. The molecule has 1 heterocycles.